The highest BCUT2D eigenvalue weighted by Gasteiger charge is 2.41. The quantitative estimate of drug-likeness (QED) is 0.167. The molecule has 0 saturated carbocycles. The third kappa shape index (κ3) is 5.87. The summed E-state index contributed by atoms with van der Waals surface area (Å²) < 4.78 is 15.7. The molecule has 0 radical (unpaired) electrons. The maximum atomic E-state index is 6.69. The second-order valence-electron chi connectivity index (χ2n) is 16.2. The molecule has 2 atom stereocenters. The minimum Gasteiger partial charge on any atom is -0.485 e. The van der Waals surface area contributed by atoms with Gasteiger partial charge in [0.15, 0.2) is 17.5 Å². The number of thiophene rings is 1. The summed E-state index contributed by atoms with van der Waals surface area (Å²) >= 11 is 1.78. The molecule has 0 spiro atoms. The normalized spacial score (nSPS) is 15.6. The molecule has 11 aromatic rings. The Kier molecular flexibility index (Phi) is 8.14. The van der Waals surface area contributed by atoms with Crippen molar-refractivity contribution in [3.05, 3.63) is 217 Å². The monoisotopic (exact) mass is 825 g/mol. The highest BCUT2D eigenvalue weighted by atomic mass is 32.1. The Balaban J connectivity index is 1.03. The van der Waals surface area contributed by atoms with Crippen LogP contribution in [0.4, 0.5) is 0 Å². The van der Waals surface area contributed by atoms with Crippen LogP contribution in [-0.2, 0) is 0 Å². The molecule has 63 heavy (non-hydrogen) atoms. The lowest BCUT2D eigenvalue weighted by Crippen LogP contribution is -2.22. The van der Waals surface area contributed by atoms with Gasteiger partial charge in [0.05, 0.1) is 5.92 Å². The van der Waals surface area contributed by atoms with Gasteiger partial charge in [-0.3, -0.25) is 0 Å². The molecule has 6 heteroatoms. The molecule has 0 amide bonds. The van der Waals surface area contributed by atoms with E-state index in [9.17, 15) is 0 Å². The van der Waals surface area contributed by atoms with Gasteiger partial charge in [-0.25, -0.2) is 15.0 Å². The molecule has 4 heterocycles. The average molecular weight is 826 g/mol. The first-order valence-corrected chi connectivity index (χ1v) is 22.1. The van der Waals surface area contributed by atoms with Crippen molar-refractivity contribution in [1.82, 2.24) is 15.0 Å². The molecule has 5 nitrogen and oxygen atoms in total. The lowest BCUT2D eigenvalue weighted by Gasteiger charge is -2.26. The van der Waals surface area contributed by atoms with Gasteiger partial charge in [-0.15, -0.1) is 11.3 Å². The summed E-state index contributed by atoms with van der Waals surface area (Å²) in [5.74, 6) is 2.53. The average Bonchev–Trinajstić information content (AvgIpc) is 4.06. The van der Waals surface area contributed by atoms with E-state index >= 15 is 0 Å². The fraction of sp³-hybridized carbons (Fsp3) is 0.0351. The summed E-state index contributed by atoms with van der Waals surface area (Å²) in [4.78, 5) is 16.3. The summed E-state index contributed by atoms with van der Waals surface area (Å²) in [6.07, 6.45) is 4.12. The van der Waals surface area contributed by atoms with Gasteiger partial charge >= 0.3 is 0 Å². The van der Waals surface area contributed by atoms with Gasteiger partial charge in [0.2, 0.25) is 0 Å². The fourth-order valence-electron chi connectivity index (χ4n) is 9.58. The Morgan fingerprint density at radius 1 is 0.444 bits per heavy atom. The molecule has 2 unspecified atom stereocenters. The Morgan fingerprint density at radius 2 is 1.05 bits per heavy atom. The van der Waals surface area contributed by atoms with E-state index in [1.807, 2.05) is 24.3 Å². The first kappa shape index (κ1) is 35.8. The number of rotatable bonds is 6. The van der Waals surface area contributed by atoms with Crippen molar-refractivity contribution < 1.29 is 9.15 Å². The number of nitrogens with zero attached hydrogens (tertiary/aromatic N) is 3. The molecule has 0 N–H and O–H groups in total. The molecule has 1 aliphatic heterocycles. The first-order chi connectivity index (χ1) is 31.2. The minimum absolute atomic E-state index is 0.176. The van der Waals surface area contributed by atoms with E-state index in [-0.39, 0.29) is 12.0 Å². The first-order valence-electron chi connectivity index (χ1n) is 21.2. The molecule has 13 rings (SSSR count). The van der Waals surface area contributed by atoms with Gasteiger partial charge in [0.25, 0.3) is 0 Å². The van der Waals surface area contributed by atoms with Crippen LogP contribution in [0, 0.1) is 0 Å². The third-order valence-corrected chi connectivity index (χ3v) is 13.8. The predicted octanol–water partition coefficient (Wildman–Crippen LogP) is 14.8. The summed E-state index contributed by atoms with van der Waals surface area (Å²) in [7, 11) is 0. The summed E-state index contributed by atoms with van der Waals surface area (Å²) in [6.45, 7) is 0. The Labute approximate surface area is 367 Å². The fourth-order valence-corrected chi connectivity index (χ4v) is 10.8. The van der Waals surface area contributed by atoms with Gasteiger partial charge in [-0.2, -0.15) is 0 Å². The van der Waals surface area contributed by atoms with Crippen LogP contribution in [-0.4, -0.2) is 21.1 Å². The van der Waals surface area contributed by atoms with Crippen molar-refractivity contribution in [1.29, 1.82) is 0 Å². The van der Waals surface area contributed by atoms with E-state index in [0.29, 0.717) is 17.5 Å². The van der Waals surface area contributed by atoms with Gasteiger partial charge in [-0.1, -0.05) is 170 Å². The largest absolute Gasteiger partial charge is 0.485 e. The van der Waals surface area contributed by atoms with Crippen LogP contribution in [0.3, 0.4) is 0 Å². The van der Waals surface area contributed by atoms with Crippen LogP contribution in [0.5, 0.6) is 5.75 Å². The lowest BCUT2D eigenvalue weighted by molar-refractivity contribution is 0.271. The summed E-state index contributed by atoms with van der Waals surface area (Å²) in [5, 5.41) is 4.57. The van der Waals surface area contributed by atoms with Crippen molar-refractivity contribution in [2.75, 3.05) is 0 Å². The number of aromatic nitrogens is 3. The molecule has 0 bridgehead atoms. The van der Waals surface area contributed by atoms with E-state index < -0.39 is 0 Å². The van der Waals surface area contributed by atoms with E-state index in [1.54, 1.807) is 11.3 Å². The topological polar surface area (TPSA) is 61.0 Å². The van der Waals surface area contributed by atoms with Crippen LogP contribution in [0.1, 0.15) is 22.9 Å². The Hall–Kier alpha value is -7.93. The molecule has 8 aromatic carbocycles. The molecule has 1 aliphatic carbocycles. The maximum Gasteiger partial charge on any atom is 0.165 e. The Bertz CT molecular complexity index is 3660. The van der Waals surface area contributed by atoms with E-state index in [0.717, 1.165) is 76.9 Å². The number of ether oxygens (including phenoxy) is 1. The van der Waals surface area contributed by atoms with E-state index in [4.69, 9.17) is 24.1 Å². The summed E-state index contributed by atoms with van der Waals surface area (Å²) in [6, 6.07) is 65.9. The smallest absolute Gasteiger partial charge is 0.165 e. The number of furan rings is 1. The Morgan fingerprint density at radius 3 is 1.86 bits per heavy atom. The molecule has 0 saturated heterocycles. The highest BCUT2D eigenvalue weighted by Crippen LogP contribution is 2.52. The molecular weight excluding hydrogens is 791 g/mol. The van der Waals surface area contributed by atoms with Crippen LogP contribution in [0.15, 0.2) is 205 Å². The van der Waals surface area contributed by atoms with Crippen LogP contribution < -0.4 is 4.74 Å². The third-order valence-electron chi connectivity index (χ3n) is 12.6. The van der Waals surface area contributed by atoms with E-state index in [2.05, 4.69) is 176 Å². The predicted molar refractivity (Wildman–Crippen MR) is 258 cm³/mol. The van der Waals surface area contributed by atoms with Gasteiger partial charge < -0.3 is 9.15 Å². The number of hydrogen-bond donors (Lipinski definition) is 0. The van der Waals surface area contributed by atoms with Gasteiger partial charge in [0.1, 0.15) is 23.0 Å². The van der Waals surface area contributed by atoms with Crippen molar-refractivity contribution >= 4 is 64.6 Å². The van der Waals surface area contributed by atoms with Crippen molar-refractivity contribution in [3.63, 3.8) is 0 Å². The van der Waals surface area contributed by atoms with Crippen LogP contribution in [0.25, 0.3) is 98.3 Å². The standard InChI is InChI=1S/C57H35N3O2S/c1-2-12-34(13-3-1)35-24-26-36(27-25-35)37-28-30-38(31-29-37)55-58-56(46-20-11-19-44-40-15-6-9-23-50(40)63-54(44)46)60-57(59-55)52-41(32-33-49-51(52)45-16-5-8-22-48(45)61-49)43-18-10-17-42-39-14-4-7-21-47(39)62-53(42)43/h1-33,49,51H. The molecule has 2 aliphatic rings. The number of fused-ring (bicyclic) bond motifs is 9. The lowest BCUT2D eigenvalue weighted by atomic mass is 9.79. The second-order valence-corrected chi connectivity index (χ2v) is 17.2. The minimum atomic E-state index is -0.238. The molecule has 0 fully saturated rings. The summed E-state index contributed by atoms with van der Waals surface area (Å²) in [5.41, 5.74) is 12.3. The molecule has 296 valence electrons. The van der Waals surface area contributed by atoms with Crippen LogP contribution >= 0.6 is 11.3 Å². The number of hydrogen-bond acceptors (Lipinski definition) is 6. The zero-order valence-corrected chi connectivity index (χ0v) is 34.6. The number of benzene rings is 8. The van der Waals surface area contributed by atoms with Crippen molar-refractivity contribution in [2.24, 2.45) is 0 Å². The van der Waals surface area contributed by atoms with Crippen LogP contribution in [0.2, 0.25) is 0 Å². The zero-order valence-electron chi connectivity index (χ0n) is 33.8. The van der Waals surface area contributed by atoms with E-state index in [1.165, 1.54) is 26.6 Å². The van der Waals surface area contributed by atoms with Gasteiger partial charge in [-0.05, 0) is 58.2 Å². The highest BCUT2D eigenvalue weighted by molar-refractivity contribution is 7.26. The van der Waals surface area contributed by atoms with Gasteiger partial charge in [0, 0.05) is 58.8 Å². The molecule has 3 aromatic heterocycles. The zero-order chi connectivity index (χ0) is 41.4. The second kappa shape index (κ2) is 14.3. The SMILES string of the molecule is C1=CC2Oc3ccccc3C2C(c2nc(-c3ccc(-c4ccc(-c5ccccc5)cc4)cc3)nc(-c3cccc4c3sc3ccccc34)n2)=C1c1cccc2c1oc1ccccc12. The molecular formula is C57H35N3O2S. The van der Waals surface area contributed by atoms with Crippen molar-refractivity contribution in [2.45, 2.75) is 12.0 Å². The van der Waals surface area contributed by atoms with Crippen molar-refractivity contribution in [3.8, 4) is 50.8 Å². The number of para-hydroxylation sites is 3. The number of allylic oxidation sites excluding steroid dienone is 2. The maximum absolute atomic E-state index is 6.69.